The van der Waals surface area contributed by atoms with E-state index in [1.165, 1.54) is 0 Å². The third kappa shape index (κ3) is 3.62. The summed E-state index contributed by atoms with van der Waals surface area (Å²) in [5, 5.41) is 2.69. The molecule has 1 aromatic carbocycles. The molecule has 5 nitrogen and oxygen atoms in total. The van der Waals surface area contributed by atoms with Crippen molar-refractivity contribution < 1.29 is 14.3 Å². The first kappa shape index (κ1) is 16.8. The van der Waals surface area contributed by atoms with Gasteiger partial charge < -0.3 is 14.6 Å². The van der Waals surface area contributed by atoms with E-state index in [-0.39, 0.29) is 5.91 Å². The summed E-state index contributed by atoms with van der Waals surface area (Å²) in [7, 11) is 0. The van der Waals surface area contributed by atoms with E-state index in [2.05, 4.69) is 5.32 Å². The lowest BCUT2D eigenvalue weighted by atomic mass is 10.2. The second kappa shape index (κ2) is 7.13. The van der Waals surface area contributed by atoms with Crippen LogP contribution in [0.2, 0.25) is 0 Å². The third-order valence-electron chi connectivity index (χ3n) is 3.68. The Labute approximate surface area is 136 Å². The number of aryl methyl sites for hydroxylation is 1. The number of carbonyl (C=O) groups excluding carboxylic acids is 2. The SMILES string of the molecule is CCOC(=O)C(C)NC(=O)c1cc(C)n(-c2ccccc2)c1C. The van der Waals surface area contributed by atoms with Gasteiger partial charge in [0.05, 0.1) is 12.2 Å². The number of benzene rings is 1. The number of hydrogen-bond acceptors (Lipinski definition) is 3. The molecule has 1 unspecified atom stereocenters. The van der Waals surface area contributed by atoms with Gasteiger partial charge >= 0.3 is 5.97 Å². The molecule has 122 valence electrons. The van der Waals surface area contributed by atoms with Crippen LogP contribution < -0.4 is 5.32 Å². The second-order valence-electron chi connectivity index (χ2n) is 5.40. The van der Waals surface area contributed by atoms with E-state index >= 15 is 0 Å². The van der Waals surface area contributed by atoms with Gasteiger partial charge in [-0.05, 0) is 45.9 Å². The maximum atomic E-state index is 12.4. The summed E-state index contributed by atoms with van der Waals surface area (Å²) in [6, 6.07) is 11.0. The number of carbonyl (C=O) groups is 2. The molecular weight excluding hydrogens is 292 g/mol. The molecule has 1 heterocycles. The largest absolute Gasteiger partial charge is 0.464 e. The predicted octanol–water partition coefficient (Wildman–Crippen LogP) is 2.78. The lowest BCUT2D eigenvalue weighted by Gasteiger charge is -2.13. The molecule has 1 amide bonds. The molecule has 2 aromatic rings. The van der Waals surface area contributed by atoms with Crippen LogP contribution in [-0.4, -0.2) is 29.1 Å². The van der Waals surface area contributed by atoms with Crippen LogP contribution in [0, 0.1) is 13.8 Å². The van der Waals surface area contributed by atoms with E-state index in [9.17, 15) is 9.59 Å². The summed E-state index contributed by atoms with van der Waals surface area (Å²) in [5.74, 6) is -0.710. The maximum Gasteiger partial charge on any atom is 0.328 e. The van der Waals surface area contributed by atoms with Crippen LogP contribution in [-0.2, 0) is 9.53 Å². The number of rotatable bonds is 5. The van der Waals surface area contributed by atoms with Crippen molar-refractivity contribution in [1.29, 1.82) is 0 Å². The molecule has 0 spiro atoms. The first-order valence-corrected chi connectivity index (χ1v) is 7.67. The zero-order valence-corrected chi connectivity index (χ0v) is 13.9. The number of ether oxygens (including phenoxy) is 1. The first-order valence-electron chi connectivity index (χ1n) is 7.67. The molecule has 23 heavy (non-hydrogen) atoms. The van der Waals surface area contributed by atoms with Crippen molar-refractivity contribution in [3.63, 3.8) is 0 Å². The Morgan fingerprint density at radius 2 is 1.87 bits per heavy atom. The topological polar surface area (TPSA) is 60.3 Å². The zero-order valence-electron chi connectivity index (χ0n) is 13.9. The number of nitrogens with one attached hydrogen (secondary N) is 1. The molecule has 0 saturated carbocycles. The van der Waals surface area contributed by atoms with E-state index in [1.54, 1.807) is 13.8 Å². The molecule has 0 bridgehead atoms. The van der Waals surface area contributed by atoms with Gasteiger partial charge in [0.1, 0.15) is 6.04 Å². The summed E-state index contributed by atoms with van der Waals surface area (Å²) < 4.78 is 6.93. The molecule has 0 aliphatic heterocycles. The molecule has 1 atom stereocenters. The van der Waals surface area contributed by atoms with E-state index in [0.717, 1.165) is 17.1 Å². The molecule has 1 aromatic heterocycles. The van der Waals surface area contributed by atoms with Gasteiger partial charge in [0.2, 0.25) is 0 Å². The van der Waals surface area contributed by atoms with E-state index in [1.807, 2.05) is 54.8 Å². The Bertz CT molecular complexity index is 705. The van der Waals surface area contributed by atoms with Crippen molar-refractivity contribution in [1.82, 2.24) is 9.88 Å². The van der Waals surface area contributed by atoms with Crippen LogP contribution in [0.4, 0.5) is 0 Å². The van der Waals surface area contributed by atoms with Gasteiger partial charge in [0.25, 0.3) is 5.91 Å². The quantitative estimate of drug-likeness (QED) is 0.863. The van der Waals surface area contributed by atoms with Crippen molar-refractivity contribution in [2.75, 3.05) is 6.61 Å². The van der Waals surface area contributed by atoms with Crippen molar-refractivity contribution in [3.05, 3.63) is 53.3 Å². The summed E-state index contributed by atoms with van der Waals surface area (Å²) in [4.78, 5) is 24.1. The fourth-order valence-electron chi connectivity index (χ4n) is 2.57. The summed E-state index contributed by atoms with van der Waals surface area (Å²) >= 11 is 0. The normalized spacial score (nSPS) is 11.8. The highest BCUT2D eigenvalue weighted by molar-refractivity contribution is 5.98. The van der Waals surface area contributed by atoms with Crippen LogP contribution in [0.5, 0.6) is 0 Å². The number of hydrogen-bond donors (Lipinski definition) is 1. The van der Waals surface area contributed by atoms with Gasteiger partial charge in [-0.25, -0.2) is 4.79 Å². The van der Waals surface area contributed by atoms with Crippen LogP contribution in [0.1, 0.15) is 35.6 Å². The van der Waals surface area contributed by atoms with Gasteiger partial charge in [0.15, 0.2) is 0 Å². The monoisotopic (exact) mass is 314 g/mol. The molecule has 0 fully saturated rings. The van der Waals surface area contributed by atoms with Crippen LogP contribution >= 0.6 is 0 Å². The number of amides is 1. The second-order valence-corrected chi connectivity index (χ2v) is 5.40. The molecule has 1 N–H and O–H groups in total. The molecule has 0 radical (unpaired) electrons. The van der Waals surface area contributed by atoms with Crippen LogP contribution in [0.15, 0.2) is 36.4 Å². The average Bonchev–Trinajstić information content (AvgIpc) is 2.83. The highest BCUT2D eigenvalue weighted by atomic mass is 16.5. The van der Waals surface area contributed by atoms with Gasteiger partial charge in [-0.2, -0.15) is 0 Å². The highest BCUT2D eigenvalue weighted by Gasteiger charge is 2.21. The minimum Gasteiger partial charge on any atom is -0.464 e. The first-order chi connectivity index (χ1) is 11.0. The molecule has 0 aliphatic carbocycles. The number of esters is 1. The minimum absolute atomic E-state index is 0.277. The van der Waals surface area contributed by atoms with Gasteiger partial charge in [-0.15, -0.1) is 0 Å². The Kier molecular flexibility index (Phi) is 5.21. The highest BCUT2D eigenvalue weighted by Crippen LogP contribution is 2.20. The molecule has 0 aliphatic rings. The van der Waals surface area contributed by atoms with Gasteiger partial charge in [-0.1, -0.05) is 18.2 Å². The summed E-state index contributed by atoms with van der Waals surface area (Å²) in [6.07, 6.45) is 0. The van der Waals surface area contributed by atoms with Crippen LogP contribution in [0.3, 0.4) is 0 Å². The van der Waals surface area contributed by atoms with Crippen LogP contribution in [0.25, 0.3) is 5.69 Å². The lowest BCUT2D eigenvalue weighted by molar-refractivity contribution is -0.144. The minimum atomic E-state index is -0.678. The Balaban J connectivity index is 2.24. The third-order valence-corrected chi connectivity index (χ3v) is 3.68. The standard InChI is InChI=1S/C18H22N2O3/c1-5-23-18(22)13(3)19-17(21)16-11-12(2)20(14(16)4)15-9-7-6-8-10-15/h6-11,13H,5H2,1-4H3,(H,19,21). The van der Waals surface area contributed by atoms with Crippen molar-refractivity contribution >= 4 is 11.9 Å². The fourth-order valence-corrected chi connectivity index (χ4v) is 2.57. The number of nitrogens with zero attached hydrogens (tertiary/aromatic N) is 1. The molecular formula is C18H22N2O3. The fraction of sp³-hybridized carbons (Fsp3) is 0.333. The predicted molar refractivity (Wildman–Crippen MR) is 88.8 cm³/mol. The zero-order chi connectivity index (χ0) is 17.0. The maximum absolute atomic E-state index is 12.4. The van der Waals surface area contributed by atoms with Crippen molar-refractivity contribution in [2.45, 2.75) is 33.7 Å². The van der Waals surface area contributed by atoms with Gasteiger partial charge in [-0.3, -0.25) is 4.79 Å². The number of aromatic nitrogens is 1. The lowest BCUT2D eigenvalue weighted by Crippen LogP contribution is -2.39. The van der Waals surface area contributed by atoms with Gasteiger partial charge in [0, 0.05) is 17.1 Å². The summed E-state index contributed by atoms with van der Waals surface area (Å²) in [5.41, 5.74) is 3.35. The van der Waals surface area contributed by atoms with Crippen molar-refractivity contribution in [3.8, 4) is 5.69 Å². The Morgan fingerprint density at radius 1 is 1.22 bits per heavy atom. The average molecular weight is 314 g/mol. The van der Waals surface area contributed by atoms with E-state index in [0.29, 0.717) is 12.2 Å². The number of para-hydroxylation sites is 1. The molecule has 2 rings (SSSR count). The Hall–Kier alpha value is -2.56. The molecule has 5 heteroatoms. The Morgan fingerprint density at radius 3 is 2.48 bits per heavy atom. The summed E-state index contributed by atoms with van der Waals surface area (Å²) in [6.45, 7) is 7.49. The smallest absolute Gasteiger partial charge is 0.328 e. The van der Waals surface area contributed by atoms with Crippen molar-refractivity contribution in [2.24, 2.45) is 0 Å². The van der Waals surface area contributed by atoms with E-state index < -0.39 is 12.0 Å². The molecule has 0 saturated heterocycles. The van der Waals surface area contributed by atoms with E-state index in [4.69, 9.17) is 4.74 Å².